The average molecular weight is 876 g/mol. The Labute approximate surface area is 367 Å². The summed E-state index contributed by atoms with van der Waals surface area (Å²) < 4.78 is 32.5. The number of phosphoric ester groups is 1. The second kappa shape index (κ2) is 41.7. The number of aliphatic carboxylic acids is 1. The first kappa shape index (κ1) is 57.4. The molecule has 13 heteroatoms. The van der Waals surface area contributed by atoms with E-state index in [0.717, 1.165) is 64.2 Å². The van der Waals surface area contributed by atoms with Crippen molar-refractivity contribution in [1.29, 1.82) is 0 Å². The number of esters is 2. The third-order valence-corrected chi connectivity index (χ3v) is 9.86. The van der Waals surface area contributed by atoms with Crippen LogP contribution < -0.4 is 5.73 Å². The van der Waals surface area contributed by atoms with E-state index >= 15 is 0 Å². The Kier molecular flexibility index (Phi) is 39.2. The van der Waals surface area contributed by atoms with E-state index in [2.05, 4.69) is 91.3 Å². The quantitative estimate of drug-likeness (QED) is 0.0150. The van der Waals surface area contributed by atoms with Crippen LogP contribution in [0.25, 0.3) is 0 Å². The van der Waals surface area contributed by atoms with Gasteiger partial charge in [-0.3, -0.25) is 23.4 Å². The number of phosphoric acid groups is 1. The summed E-state index contributed by atoms with van der Waals surface area (Å²) in [4.78, 5) is 46.0. The molecule has 0 heterocycles. The molecular formula is C48H78NO11P. The third kappa shape index (κ3) is 41.5. The number of aliphatic hydroxyl groups excluding tert-OH is 1. The lowest BCUT2D eigenvalue weighted by Crippen LogP contribution is -2.34. The number of nitrogens with two attached hydrogens (primary N) is 1. The second-order valence-electron chi connectivity index (χ2n) is 14.7. The van der Waals surface area contributed by atoms with Crippen molar-refractivity contribution in [1.82, 2.24) is 0 Å². The summed E-state index contributed by atoms with van der Waals surface area (Å²) in [5, 5.41) is 19.2. The molecular weight excluding hydrogens is 797 g/mol. The molecule has 0 aromatic heterocycles. The first-order chi connectivity index (χ1) is 29.5. The van der Waals surface area contributed by atoms with Crippen molar-refractivity contribution in [2.24, 2.45) is 5.73 Å². The van der Waals surface area contributed by atoms with E-state index in [4.69, 9.17) is 24.8 Å². The maximum atomic E-state index is 12.6. The van der Waals surface area contributed by atoms with Gasteiger partial charge < -0.3 is 30.3 Å². The Morgan fingerprint density at radius 2 is 1.07 bits per heavy atom. The molecule has 1 unspecified atom stereocenters. The fraction of sp³-hybridized carbons (Fsp3) is 0.604. The minimum absolute atomic E-state index is 0.0801. The summed E-state index contributed by atoms with van der Waals surface area (Å²) in [7, 11) is -4.79. The monoisotopic (exact) mass is 876 g/mol. The van der Waals surface area contributed by atoms with Crippen molar-refractivity contribution in [2.45, 2.75) is 167 Å². The number of hydrogen-bond donors (Lipinski definition) is 4. The van der Waals surface area contributed by atoms with Crippen LogP contribution in [0.15, 0.2) is 97.2 Å². The van der Waals surface area contributed by atoms with Crippen LogP contribution in [0, 0.1) is 0 Å². The maximum Gasteiger partial charge on any atom is 0.472 e. The summed E-state index contributed by atoms with van der Waals surface area (Å²) in [5.74, 6) is -2.66. The third-order valence-electron chi connectivity index (χ3n) is 8.91. The molecule has 0 aromatic carbocycles. The summed E-state index contributed by atoms with van der Waals surface area (Å²) in [6, 6.07) is -1.56. The van der Waals surface area contributed by atoms with E-state index < -0.39 is 63.8 Å². The number of carboxylic acid groups (broad SMARTS) is 1. The molecule has 0 aliphatic rings. The summed E-state index contributed by atoms with van der Waals surface area (Å²) >= 11 is 0. The van der Waals surface area contributed by atoms with Crippen LogP contribution in [0.1, 0.15) is 149 Å². The molecule has 346 valence electrons. The fourth-order valence-electron chi connectivity index (χ4n) is 5.33. The lowest BCUT2D eigenvalue weighted by atomic mass is 10.1. The van der Waals surface area contributed by atoms with Crippen molar-refractivity contribution in [3.05, 3.63) is 97.2 Å². The van der Waals surface area contributed by atoms with Crippen LogP contribution in [0.2, 0.25) is 0 Å². The van der Waals surface area contributed by atoms with Crippen LogP contribution in [0.3, 0.4) is 0 Å². The van der Waals surface area contributed by atoms with E-state index in [0.29, 0.717) is 6.42 Å². The highest BCUT2D eigenvalue weighted by Gasteiger charge is 2.28. The maximum absolute atomic E-state index is 12.6. The molecule has 0 aliphatic carbocycles. The Balaban J connectivity index is 4.62. The Hall–Kier alpha value is -3.64. The minimum atomic E-state index is -4.79. The van der Waals surface area contributed by atoms with E-state index in [1.807, 2.05) is 12.2 Å². The zero-order chi connectivity index (χ0) is 45.1. The molecule has 61 heavy (non-hydrogen) atoms. The number of carboxylic acids is 1. The molecule has 0 rings (SSSR count). The zero-order valence-electron chi connectivity index (χ0n) is 37.1. The van der Waals surface area contributed by atoms with E-state index in [1.165, 1.54) is 38.5 Å². The average Bonchev–Trinajstić information content (AvgIpc) is 3.23. The molecule has 0 fully saturated rings. The van der Waals surface area contributed by atoms with Crippen molar-refractivity contribution >= 4 is 25.7 Å². The normalized spacial score (nSPS) is 15.1. The summed E-state index contributed by atoms with van der Waals surface area (Å²) in [6.07, 6.45) is 49.3. The SMILES string of the molecule is CCCCC/C=C\C/C=C\C/C=C\C=C\[C@H](O)CCCC(=O)O[C@H](COC(=O)CCCCC/C=C\C/C=C\C/C=C\C/C=C\CCCCC)COP(=O)(O)OC[C@H](N)C(=O)O. The van der Waals surface area contributed by atoms with Gasteiger partial charge in [-0.2, -0.15) is 0 Å². The molecule has 0 spiro atoms. The van der Waals surface area contributed by atoms with Gasteiger partial charge in [0.05, 0.1) is 19.3 Å². The standard InChI is InChI=1S/C48H78NO11P/c1-3-5-7-9-11-13-15-17-18-19-20-21-22-24-26-28-30-32-34-38-46(51)57-40-44(41-58-61(55,56)59-42-45(49)48(53)54)60-47(52)39-35-37-43(50)36-33-31-29-27-25-23-16-14-12-10-8-6-4-2/h11-14,17-18,20-21,23-26,29,31,33,36,43-45,50H,3-10,15-16,19,22,27-28,30,32,34-35,37-42,49H2,1-2H3,(H,53,54)(H,55,56)/b13-11-,14-12-,18-17-,21-20-,25-23-,26-24-,31-29-,36-33+/t43-,44+,45-/m0/s1. The molecule has 0 saturated heterocycles. The molecule has 0 aromatic rings. The highest BCUT2D eigenvalue weighted by Crippen LogP contribution is 2.43. The Morgan fingerprint density at radius 1 is 0.590 bits per heavy atom. The van der Waals surface area contributed by atoms with Crippen molar-refractivity contribution in [3.8, 4) is 0 Å². The highest BCUT2D eigenvalue weighted by atomic mass is 31.2. The molecule has 5 N–H and O–H groups in total. The van der Waals surface area contributed by atoms with E-state index in [-0.39, 0.29) is 25.7 Å². The largest absolute Gasteiger partial charge is 0.480 e. The van der Waals surface area contributed by atoms with Gasteiger partial charge in [0, 0.05) is 12.8 Å². The molecule has 0 radical (unpaired) electrons. The van der Waals surface area contributed by atoms with Gasteiger partial charge in [-0.15, -0.1) is 0 Å². The van der Waals surface area contributed by atoms with Gasteiger partial charge in [0.15, 0.2) is 6.10 Å². The number of ether oxygens (including phenoxy) is 2. The first-order valence-electron chi connectivity index (χ1n) is 22.4. The predicted molar refractivity (Wildman–Crippen MR) is 246 cm³/mol. The van der Waals surface area contributed by atoms with Gasteiger partial charge in [0.1, 0.15) is 12.6 Å². The van der Waals surface area contributed by atoms with Crippen LogP contribution in [0.4, 0.5) is 0 Å². The highest BCUT2D eigenvalue weighted by molar-refractivity contribution is 7.47. The van der Waals surface area contributed by atoms with Gasteiger partial charge in [-0.1, -0.05) is 143 Å². The van der Waals surface area contributed by atoms with Crippen LogP contribution >= 0.6 is 7.82 Å². The number of rotatable bonds is 40. The lowest BCUT2D eigenvalue weighted by Gasteiger charge is -2.20. The molecule has 0 saturated carbocycles. The number of unbranched alkanes of at least 4 members (excludes halogenated alkanes) is 9. The van der Waals surface area contributed by atoms with Crippen LogP contribution in [-0.2, 0) is 37.5 Å². The summed E-state index contributed by atoms with van der Waals surface area (Å²) in [5.41, 5.74) is 5.32. The molecule has 0 aliphatic heterocycles. The molecule has 0 bridgehead atoms. The molecule has 0 amide bonds. The second-order valence-corrected chi connectivity index (χ2v) is 16.1. The number of aliphatic hydroxyl groups is 1. The number of hydrogen-bond acceptors (Lipinski definition) is 10. The van der Waals surface area contributed by atoms with Crippen LogP contribution in [0.5, 0.6) is 0 Å². The van der Waals surface area contributed by atoms with E-state index in [1.54, 1.807) is 12.2 Å². The zero-order valence-corrected chi connectivity index (χ0v) is 38.0. The van der Waals surface area contributed by atoms with Gasteiger partial charge in [-0.25, -0.2) is 4.57 Å². The van der Waals surface area contributed by atoms with Gasteiger partial charge in [0.2, 0.25) is 0 Å². The Bertz CT molecular complexity index is 1420. The van der Waals surface area contributed by atoms with Gasteiger partial charge in [-0.05, 0) is 89.9 Å². The number of allylic oxidation sites excluding steroid dienone is 15. The summed E-state index contributed by atoms with van der Waals surface area (Å²) in [6.45, 7) is 2.50. The lowest BCUT2D eigenvalue weighted by molar-refractivity contribution is -0.161. The first-order valence-corrected chi connectivity index (χ1v) is 23.9. The minimum Gasteiger partial charge on any atom is -0.480 e. The molecule has 12 nitrogen and oxygen atoms in total. The smallest absolute Gasteiger partial charge is 0.472 e. The van der Waals surface area contributed by atoms with Crippen molar-refractivity contribution in [3.63, 3.8) is 0 Å². The van der Waals surface area contributed by atoms with Crippen molar-refractivity contribution < 1.29 is 52.6 Å². The number of carbonyl (C=O) groups is 3. The molecule has 4 atom stereocenters. The van der Waals surface area contributed by atoms with E-state index in [9.17, 15) is 28.9 Å². The van der Waals surface area contributed by atoms with Gasteiger partial charge in [0.25, 0.3) is 0 Å². The van der Waals surface area contributed by atoms with Gasteiger partial charge >= 0.3 is 25.7 Å². The topological polar surface area (TPSA) is 192 Å². The van der Waals surface area contributed by atoms with Crippen molar-refractivity contribution in [2.75, 3.05) is 19.8 Å². The predicted octanol–water partition coefficient (Wildman–Crippen LogP) is 11.0. The fourth-order valence-corrected chi connectivity index (χ4v) is 6.10. The Morgan fingerprint density at radius 3 is 1.59 bits per heavy atom. The van der Waals surface area contributed by atoms with Crippen LogP contribution in [-0.4, -0.2) is 71.1 Å². The number of carbonyl (C=O) groups excluding carboxylic acids is 2.